The monoisotopic (exact) mass is 249 g/mol. The number of rotatable bonds is 4. The van der Waals surface area contributed by atoms with Crippen LogP contribution in [0.1, 0.15) is 12.0 Å². The first-order chi connectivity index (χ1) is 6.61. The molecule has 0 radical (unpaired) electrons. The van der Waals surface area contributed by atoms with Crippen molar-refractivity contribution in [3.63, 3.8) is 0 Å². The fourth-order valence-electron chi connectivity index (χ4n) is 1.13. The molecule has 1 aromatic carbocycles. The van der Waals surface area contributed by atoms with Crippen molar-refractivity contribution in [3.8, 4) is 0 Å². The summed E-state index contributed by atoms with van der Waals surface area (Å²) < 4.78 is 11.1. The molecule has 0 fully saturated rings. The quantitative estimate of drug-likeness (QED) is 0.608. The molecule has 0 N–H and O–H groups in total. The van der Waals surface area contributed by atoms with Crippen LogP contribution in [0.5, 0.6) is 0 Å². The van der Waals surface area contributed by atoms with E-state index < -0.39 is 12.4 Å². The standard InChI is InChI=1S/C9H8Cl2O2P/c10-9(12)6-5-7-3-1-2-4-8(7)14(11)13/h1-4H,5-6H2/q+1. The van der Waals surface area contributed by atoms with E-state index in [1.54, 1.807) is 18.2 Å². The van der Waals surface area contributed by atoms with Gasteiger partial charge < -0.3 is 0 Å². The summed E-state index contributed by atoms with van der Waals surface area (Å²) in [5.74, 6) is 0. The van der Waals surface area contributed by atoms with Gasteiger partial charge in [0.15, 0.2) is 0 Å². The SMILES string of the molecule is O=C(Cl)CCc1ccccc1[P+](=O)Cl. The Labute approximate surface area is 92.8 Å². The first-order valence-corrected chi connectivity index (χ1v) is 6.55. The van der Waals surface area contributed by atoms with Gasteiger partial charge in [0.2, 0.25) is 21.8 Å². The molecule has 0 saturated heterocycles. The fourth-order valence-corrected chi connectivity index (χ4v) is 2.33. The van der Waals surface area contributed by atoms with Crippen LogP contribution in [0.3, 0.4) is 0 Å². The second-order valence-corrected chi connectivity index (χ2v) is 5.04. The molecule has 1 rings (SSSR count). The second kappa shape index (κ2) is 5.45. The molecular weight excluding hydrogens is 242 g/mol. The van der Waals surface area contributed by atoms with Gasteiger partial charge in [0.05, 0.1) is 0 Å². The highest BCUT2D eigenvalue weighted by atomic mass is 35.7. The summed E-state index contributed by atoms with van der Waals surface area (Å²) in [5, 5.41) is 0.187. The Morgan fingerprint density at radius 2 is 2.00 bits per heavy atom. The summed E-state index contributed by atoms with van der Waals surface area (Å²) in [6, 6.07) is 7.06. The molecule has 0 heterocycles. The molecule has 0 aliphatic heterocycles. The third kappa shape index (κ3) is 3.38. The molecule has 1 aromatic rings. The van der Waals surface area contributed by atoms with Crippen LogP contribution in [-0.4, -0.2) is 5.24 Å². The van der Waals surface area contributed by atoms with Gasteiger partial charge in [-0.2, -0.15) is 0 Å². The van der Waals surface area contributed by atoms with Gasteiger partial charge in [0, 0.05) is 12.0 Å². The topological polar surface area (TPSA) is 34.1 Å². The summed E-state index contributed by atoms with van der Waals surface area (Å²) in [6.45, 7) is 0. The Morgan fingerprint density at radius 1 is 1.36 bits per heavy atom. The van der Waals surface area contributed by atoms with Gasteiger partial charge in [-0.25, -0.2) is 0 Å². The highest BCUT2D eigenvalue weighted by Gasteiger charge is 2.20. The fraction of sp³-hybridized carbons (Fsp3) is 0.222. The summed E-state index contributed by atoms with van der Waals surface area (Å²) in [5.41, 5.74) is 0.817. The number of hydrogen-bond donors (Lipinski definition) is 0. The predicted molar refractivity (Wildman–Crippen MR) is 58.7 cm³/mol. The maximum absolute atomic E-state index is 11.1. The normalized spacial score (nSPS) is 11.1. The Hall–Kier alpha value is -0.430. The van der Waals surface area contributed by atoms with Crippen LogP contribution in [0.25, 0.3) is 0 Å². The molecule has 2 nitrogen and oxygen atoms in total. The first-order valence-electron chi connectivity index (χ1n) is 4.00. The van der Waals surface area contributed by atoms with E-state index in [2.05, 4.69) is 0 Å². The van der Waals surface area contributed by atoms with Crippen LogP contribution >= 0.6 is 30.0 Å². The lowest BCUT2D eigenvalue weighted by molar-refractivity contribution is -0.111. The molecule has 0 spiro atoms. The van der Waals surface area contributed by atoms with E-state index in [1.165, 1.54) is 0 Å². The van der Waals surface area contributed by atoms with Crippen molar-refractivity contribution >= 4 is 40.5 Å². The molecule has 14 heavy (non-hydrogen) atoms. The first kappa shape index (κ1) is 11.6. The third-order valence-electron chi connectivity index (χ3n) is 1.77. The molecule has 0 amide bonds. The maximum Gasteiger partial charge on any atom is 0.494 e. The van der Waals surface area contributed by atoms with Gasteiger partial charge in [-0.15, -0.1) is 0 Å². The molecule has 0 bridgehead atoms. The maximum atomic E-state index is 11.1. The molecule has 0 aliphatic rings. The Bertz CT molecular complexity index is 366. The van der Waals surface area contributed by atoms with E-state index in [0.717, 1.165) is 5.56 Å². The summed E-state index contributed by atoms with van der Waals surface area (Å²) in [6.07, 6.45) is 0.713. The zero-order valence-electron chi connectivity index (χ0n) is 7.24. The van der Waals surface area contributed by atoms with Crippen LogP contribution in [0.4, 0.5) is 0 Å². The van der Waals surface area contributed by atoms with E-state index in [0.29, 0.717) is 11.7 Å². The van der Waals surface area contributed by atoms with Crippen LogP contribution in [0, 0.1) is 0 Å². The van der Waals surface area contributed by atoms with Crippen LogP contribution < -0.4 is 5.30 Å². The Morgan fingerprint density at radius 3 is 2.57 bits per heavy atom. The van der Waals surface area contributed by atoms with E-state index in [4.69, 9.17) is 22.8 Å². The Kier molecular flexibility index (Phi) is 4.53. The molecule has 5 heteroatoms. The van der Waals surface area contributed by atoms with Crippen molar-refractivity contribution in [2.24, 2.45) is 0 Å². The number of benzene rings is 1. The number of carbonyl (C=O) groups is 1. The Balaban J connectivity index is 2.84. The van der Waals surface area contributed by atoms with Gasteiger partial charge >= 0.3 is 7.15 Å². The zero-order valence-corrected chi connectivity index (χ0v) is 9.65. The molecule has 0 aromatic heterocycles. The average molecular weight is 250 g/mol. The molecular formula is C9H8Cl2O2P+. The molecule has 1 unspecified atom stereocenters. The smallest absolute Gasteiger partial charge is 0.281 e. The minimum absolute atomic E-state index is 0.235. The molecule has 74 valence electrons. The summed E-state index contributed by atoms with van der Waals surface area (Å²) in [4.78, 5) is 10.6. The number of carbonyl (C=O) groups excluding carboxylic acids is 1. The lowest BCUT2D eigenvalue weighted by Crippen LogP contribution is -2.04. The summed E-state index contributed by atoms with van der Waals surface area (Å²) in [7, 11) is -1.88. The van der Waals surface area contributed by atoms with Gasteiger partial charge in [0.1, 0.15) is 0 Å². The van der Waals surface area contributed by atoms with Crippen LogP contribution in [-0.2, 0) is 15.8 Å². The van der Waals surface area contributed by atoms with Crippen molar-refractivity contribution in [1.82, 2.24) is 0 Å². The van der Waals surface area contributed by atoms with E-state index in [1.807, 2.05) is 6.07 Å². The van der Waals surface area contributed by atoms with Gasteiger partial charge in [-0.05, 0) is 28.7 Å². The van der Waals surface area contributed by atoms with Gasteiger partial charge in [-0.1, -0.05) is 18.2 Å². The van der Waals surface area contributed by atoms with Crippen molar-refractivity contribution in [3.05, 3.63) is 29.8 Å². The second-order valence-electron chi connectivity index (χ2n) is 2.73. The van der Waals surface area contributed by atoms with E-state index in [-0.39, 0.29) is 6.42 Å². The average Bonchev–Trinajstić information content (AvgIpc) is 2.15. The minimum Gasteiger partial charge on any atom is -0.281 e. The lowest BCUT2D eigenvalue weighted by atomic mass is 10.1. The largest absolute Gasteiger partial charge is 0.494 e. The van der Waals surface area contributed by atoms with E-state index >= 15 is 0 Å². The minimum atomic E-state index is -1.88. The van der Waals surface area contributed by atoms with E-state index in [9.17, 15) is 9.36 Å². The van der Waals surface area contributed by atoms with Gasteiger partial charge in [-0.3, -0.25) is 4.79 Å². The molecule has 1 atom stereocenters. The van der Waals surface area contributed by atoms with Crippen LogP contribution in [0.2, 0.25) is 0 Å². The molecule has 0 aliphatic carbocycles. The number of aryl methyl sites for hydroxylation is 1. The highest BCUT2D eigenvalue weighted by Crippen LogP contribution is 2.27. The van der Waals surface area contributed by atoms with Crippen molar-refractivity contribution in [2.75, 3.05) is 0 Å². The molecule has 0 saturated carbocycles. The van der Waals surface area contributed by atoms with Crippen molar-refractivity contribution in [1.29, 1.82) is 0 Å². The predicted octanol–water partition coefficient (Wildman–Crippen LogP) is 2.99. The van der Waals surface area contributed by atoms with Crippen molar-refractivity contribution < 1.29 is 9.36 Å². The summed E-state index contributed by atoms with van der Waals surface area (Å²) >= 11 is 10.7. The van der Waals surface area contributed by atoms with Crippen LogP contribution in [0.15, 0.2) is 24.3 Å². The zero-order chi connectivity index (χ0) is 10.6. The number of hydrogen-bond acceptors (Lipinski definition) is 2. The third-order valence-corrected chi connectivity index (χ3v) is 3.32. The van der Waals surface area contributed by atoms with Gasteiger partial charge in [0.25, 0.3) is 0 Å². The number of halogens is 2. The van der Waals surface area contributed by atoms with Crippen molar-refractivity contribution in [2.45, 2.75) is 12.8 Å². The lowest BCUT2D eigenvalue weighted by Gasteiger charge is -1.96. The highest BCUT2D eigenvalue weighted by molar-refractivity contribution is 7.80.